The lowest BCUT2D eigenvalue weighted by atomic mass is 9.85. The zero-order valence-corrected chi connectivity index (χ0v) is 16.1. The van der Waals surface area contributed by atoms with Gasteiger partial charge in [0.2, 0.25) is 5.91 Å². The first-order valence-electron chi connectivity index (χ1n) is 8.76. The summed E-state index contributed by atoms with van der Waals surface area (Å²) < 4.78 is 32.7. The van der Waals surface area contributed by atoms with Gasteiger partial charge in [-0.3, -0.25) is 25.2 Å². The van der Waals surface area contributed by atoms with E-state index in [1.54, 1.807) is 24.3 Å². The zero-order chi connectivity index (χ0) is 20.1. The fraction of sp³-hybridized carbons (Fsp3) is 0.263. The van der Waals surface area contributed by atoms with Crippen molar-refractivity contribution in [2.75, 3.05) is 11.8 Å². The normalized spacial score (nSPS) is 13.9. The number of rotatable bonds is 6. The van der Waals surface area contributed by atoms with Crippen LogP contribution in [0.3, 0.4) is 0 Å². The summed E-state index contributed by atoms with van der Waals surface area (Å²) in [5.74, 6) is -0.287. The number of anilines is 1. The predicted octanol–water partition coefficient (Wildman–Crippen LogP) is 2.06. The van der Waals surface area contributed by atoms with Crippen molar-refractivity contribution in [2.24, 2.45) is 5.92 Å². The highest BCUT2D eigenvalue weighted by molar-refractivity contribution is 7.92. The number of hydrogen-bond acceptors (Lipinski definition) is 5. The molecule has 3 N–H and O–H groups in total. The molecule has 28 heavy (non-hydrogen) atoms. The van der Waals surface area contributed by atoms with E-state index in [1.807, 2.05) is 0 Å². The second-order valence-corrected chi connectivity index (χ2v) is 8.12. The molecule has 9 heteroatoms. The Morgan fingerprint density at radius 1 is 1.04 bits per heavy atom. The Kier molecular flexibility index (Phi) is 5.84. The van der Waals surface area contributed by atoms with Gasteiger partial charge >= 0.3 is 0 Å². The predicted molar refractivity (Wildman–Crippen MR) is 103 cm³/mol. The summed E-state index contributed by atoms with van der Waals surface area (Å²) >= 11 is 0. The van der Waals surface area contributed by atoms with E-state index >= 15 is 0 Å². The minimum Gasteiger partial charge on any atom is -0.497 e. The number of ether oxygens (including phenoxy) is 1. The second kappa shape index (κ2) is 8.30. The van der Waals surface area contributed by atoms with E-state index in [1.165, 1.54) is 31.4 Å². The Morgan fingerprint density at radius 2 is 1.75 bits per heavy atom. The van der Waals surface area contributed by atoms with Crippen LogP contribution in [0.4, 0.5) is 5.69 Å². The van der Waals surface area contributed by atoms with Gasteiger partial charge in [-0.25, -0.2) is 8.42 Å². The Balaban J connectivity index is 1.68. The lowest BCUT2D eigenvalue weighted by molar-refractivity contribution is -0.128. The molecular weight excluding hydrogens is 382 g/mol. The number of amides is 2. The van der Waals surface area contributed by atoms with Crippen LogP contribution >= 0.6 is 0 Å². The molecule has 148 valence electrons. The van der Waals surface area contributed by atoms with Crippen molar-refractivity contribution in [3.63, 3.8) is 0 Å². The van der Waals surface area contributed by atoms with E-state index in [2.05, 4.69) is 15.6 Å². The van der Waals surface area contributed by atoms with Crippen molar-refractivity contribution >= 4 is 27.5 Å². The van der Waals surface area contributed by atoms with Crippen LogP contribution in [-0.4, -0.2) is 27.3 Å². The van der Waals surface area contributed by atoms with Crippen LogP contribution in [0.2, 0.25) is 0 Å². The van der Waals surface area contributed by atoms with Crippen LogP contribution in [0.25, 0.3) is 0 Å². The van der Waals surface area contributed by atoms with Crippen molar-refractivity contribution in [1.29, 1.82) is 0 Å². The fourth-order valence-electron chi connectivity index (χ4n) is 2.64. The SMILES string of the molecule is COc1ccc(NS(=O)(=O)c2cccc(C(=O)NNC(=O)C3CCC3)c2)cc1. The molecule has 0 unspecified atom stereocenters. The molecule has 1 saturated carbocycles. The van der Waals surface area contributed by atoms with Crippen molar-refractivity contribution in [3.8, 4) is 5.75 Å². The molecule has 8 nitrogen and oxygen atoms in total. The van der Waals surface area contributed by atoms with Crippen LogP contribution in [-0.2, 0) is 14.8 Å². The largest absolute Gasteiger partial charge is 0.497 e. The number of carbonyl (C=O) groups is 2. The molecule has 1 aliphatic carbocycles. The molecule has 0 bridgehead atoms. The number of carbonyl (C=O) groups excluding carboxylic acids is 2. The standard InChI is InChI=1S/C19H21N3O5S/c1-27-16-10-8-15(9-11-16)22-28(25,26)17-7-3-6-14(12-17)19(24)21-20-18(23)13-4-2-5-13/h3,6-13,22H,2,4-5H2,1H3,(H,20,23)(H,21,24). The van der Waals surface area contributed by atoms with Gasteiger partial charge < -0.3 is 4.74 Å². The Morgan fingerprint density at radius 3 is 2.36 bits per heavy atom. The van der Waals surface area contributed by atoms with E-state index < -0.39 is 15.9 Å². The van der Waals surface area contributed by atoms with Crippen LogP contribution in [0.1, 0.15) is 29.6 Å². The van der Waals surface area contributed by atoms with Crippen LogP contribution in [0.5, 0.6) is 5.75 Å². The number of nitrogens with one attached hydrogen (secondary N) is 3. The number of hydrazine groups is 1. The van der Waals surface area contributed by atoms with Crippen molar-refractivity contribution < 1.29 is 22.7 Å². The average molecular weight is 403 g/mol. The maximum Gasteiger partial charge on any atom is 0.269 e. The molecule has 2 aromatic carbocycles. The van der Waals surface area contributed by atoms with Gasteiger partial charge in [0, 0.05) is 17.2 Å². The van der Waals surface area contributed by atoms with Crippen LogP contribution < -0.4 is 20.3 Å². The molecular formula is C19H21N3O5S. The molecule has 0 heterocycles. The quantitative estimate of drug-likeness (QED) is 0.639. The minimum atomic E-state index is -3.89. The van der Waals surface area contributed by atoms with Gasteiger partial charge in [0.25, 0.3) is 15.9 Å². The van der Waals surface area contributed by atoms with E-state index in [4.69, 9.17) is 4.74 Å². The summed E-state index contributed by atoms with van der Waals surface area (Å²) in [5.41, 5.74) is 5.18. The summed E-state index contributed by atoms with van der Waals surface area (Å²) in [6.07, 6.45) is 2.63. The number of hydrogen-bond donors (Lipinski definition) is 3. The Bertz CT molecular complexity index is 969. The summed E-state index contributed by atoms with van der Waals surface area (Å²) in [5, 5.41) is 0. The molecule has 0 aliphatic heterocycles. The van der Waals surface area contributed by atoms with E-state index in [-0.39, 0.29) is 22.3 Å². The molecule has 0 radical (unpaired) electrons. The smallest absolute Gasteiger partial charge is 0.269 e. The van der Waals surface area contributed by atoms with Gasteiger partial charge in [-0.2, -0.15) is 0 Å². The van der Waals surface area contributed by atoms with Crippen LogP contribution in [0.15, 0.2) is 53.4 Å². The summed E-state index contributed by atoms with van der Waals surface area (Å²) in [7, 11) is -2.37. The third kappa shape index (κ3) is 4.61. The third-order valence-corrected chi connectivity index (χ3v) is 5.90. The maximum absolute atomic E-state index is 12.6. The fourth-order valence-corrected chi connectivity index (χ4v) is 3.74. The molecule has 2 aromatic rings. The van der Waals surface area contributed by atoms with Gasteiger partial charge in [0.15, 0.2) is 0 Å². The van der Waals surface area contributed by atoms with Gasteiger partial charge in [0.1, 0.15) is 5.75 Å². The molecule has 0 spiro atoms. The third-order valence-electron chi connectivity index (χ3n) is 4.52. The summed E-state index contributed by atoms with van der Waals surface area (Å²) in [6, 6.07) is 12.0. The zero-order valence-electron chi connectivity index (χ0n) is 15.3. The summed E-state index contributed by atoms with van der Waals surface area (Å²) in [4.78, 5) is 24.0. The molecule has 1 fully saturated rings. The highest BCUT2D eigenvalue weighted by Gasteiger charge is 2.25. The second-order valence-electron chi connectivity index (χ2n) is 6.43. The molecule has 1 aliphatic rings. The topological polar surface area (TPSA) is 114 Å². The first kappa shape index (κ1) is 19.7. The monoisotopic (exact) mass is 403 g/mol. The average Bonchev–Trinajstić information content (AvgIpc) is 2.65. The lowest BCUT2D eigenvalue weighted by Gasteiger charge is -2.24. The highest BCUT2D eigenvalue weighted by Crippen LogP contribution is 2.26. The number of methoxy groups -OCH3 is 1. The Hall–Kier alpha value is -3.07. The number of benzene rings is 2. The van der Waals surface area contributed by atoms with Crippen molar-refractivity contribution in [3.05, 3.63) is 54.1 Å². The van der Waals surface area contributed by atoms with Gasteiger partial charge in [-0.15, -0.1) is 0 Å². The molecule has 0 aromatic heterocycles. The Labute approximate surface area is 163 Å². The van der Waals surface area contributed by atoms with E-state index in [0.29, 0.717) is 11.4 Å². The molecule has 2 amide bonds. The first-order chi connectivity index (χ1) is 13.4. The van der Waals surface area contributed by atoms with E-state index in [9.17, 15) is 18.0 Å². The van der Waals surface area contributed by atoms with Gasteiger partial charge in [-0.1, -0.05) is 12.5 Å². The number of sulfonamides is 1. The van der Waals surface area contributed by atoms with Gasteiger partial charge in [-0.05, 0) is 55.3 Å². The summed E-state index contributed by atoms with van der Waals surface area (Å²) in [6.45, 7) is 0. The van der Waals surface area contributed by atoms with Crippen molar-refractivity contribution in [2.45, 2.75) is 24.2 Å². The first-order valence-corrected chi connectivity index (χ1v) is 10.2. The van der Waals surface area contributed by atoms with Crippen molar-refractivity contribution in [1.82, 2.24) is 10.9 Å². The minimum absolute atomic E-state index is 0.0683. The van der Waals surface area contributed by atoms with Crippen LogP contribution in [0, 0.1) is 5.92 Å². The lowest BCUT2D eigenvalue weighted by Crippen LogP contribution is -2.46. The highest BCUT2D eigenvalue weighted by atomic mass is 32.2. The van der Waals surface area contributed by atoms with E-state index in [0.717, 1.165) is 19.3 Å². The molecule has 3 rings (SSSR count). The molecule has 0 saturated heterocycles. The molecule has 0 atom stereocenters. The van der Waals surface area contributed by atoms with Gasteiger partial charge in [0.05, 0.1) is 12.0 Å². The maximum atomic E-state index is 12.6.